The van der Waals surface area contributed by atoms with Crippen LogP contribution in [0.5, 0.6) is 0 Å². The molecule has 0 saturated carbocycles. The lowest BCUT2D eigenvalue weighted by molar-refractivity contribution is 1.27. The van der Waals surface area contributed by atoms with Crippen LogP contribution < -0.4 is 0 Å². The molecule has 0 spiro atoms. The molecule has 134 valence electrons. The summed E-state index contributed by atoms with van der Waals surface area (Å²) in [5.74, 6) is 0. The molecule has 0 amide bonds. The fourth-order valence-corrected chi connectivity index (χ4v) is 5.39. The summed E-state index contributed by atoms with van der Waals surface area (Å²) in [5.41, 5.74) is 8.41. The average Bonchev–Trinajstić information content (AvgIpc) is 3.16. The first kappa shape index (κ1) is 15.3. The zero-order chi connectivity index (χ0) is 18.9. The van der Waals surface area contributed by atoms with Crippen molar-refractivity contribution in [2.75, 3.05) is 0 Å². The Balaban J connectivity index is 1.62. The predicted molar refractivity (Wildman–Crippen MR) is 124 cm³/mol. The Morgan fingerprint density at radius 3 is 2.00 bits per heavy atom. The van der Waals surface area contributed by atoms with Crippen molar-refractivity contribution >= 4 is 32.3 Å². The van der Waals surface area contributed by atoms with Gasteiger partial charge in [0.05, 0.1) is 0 Å². The van der Waals surface area contributed by atoms with Gasteiger partial charge in [-0.25, -0.2) is 0 Å². The van der Waals surface area contributed by atoms with Crippen LogP contribution in [0.1, 0.15) is 11.1 Å². The van der Waals surface area contributed by atoms with Crippen molar-refractivity contribution in [3.8, 4) is 22.3 Å². The predicted octanol–water partition coefficient (Wildman–Crippen LogP) is 7.82. The minimum absolute atomic E-state index is 1.01. The van der Waals surface area contributed by atoms with E-state index in [9.17, 15) is 0 Å². The number of fused-ring (bicyclic) bond motifs is 3. The average molecular weight is 366 g/mol. The largest absolute Gasteiger partial charge is 0.0619 e. The Kier molecular flexibility index (Phi) is 2.88. The highest BCUT2D eigenvalue weighted by Gasteiger charge is 2.22. The van der Waals surface area contributed by atoms with Crippen LogP contribution >= 0.6 is 0 Å². The minimum atomic E-state index is 1.01. The lowest BCUT2D eigenvalue weighted by Gasteiger charge is -2.17. The van der Waals surface area contributed by atoms with Crippen molar-refractivity contribution in [1.82, 2.24) is 0 Å². The highest BCUT2D eigenvalue weighted by Crippen LogP contribution is 2.45. The topological polar surface area (TPSA) is 0 Å². The van der Waals surface area contributed by atoms with Gasteiger partial charge in [0.2, 0.25) is 0 Å². The van der Waals surface area contributed by atoms with Crippen LogP contribution in [-0.2, 0) is 6.42 Å². The first-order valence-corrected chi connectivity index (χ1v) is 10.3. The van der Waals surface area contributed by atoms with Gasteiger partial charge in [-0.3, -0.25) is 0 Å². The van der Waals surface area contributed by atoms with Crippen LogP contribution in [0.25, 0.3) is 54.6 Å². The van der Waals surface area contributed by atoms with Gasteiger partial charge in [0.25, 0.3) is 0 Å². The Hall–Kier alpha value is -3.64. The summed E-state index contributed by atoms with van der Waals surface area (Å²) in [6.07, 6.45) is 1.01. The number of benzene rings is 6. The van der Waals surface area contributed by atoms with Gasteiger partial charge in [-0.2, -0.15) is 0 Å². The Labute approximate surface area is 169 Å². The molecule has 0 heteroatoms. The fraction of sp³-hybridized carbons (Fsp3) is 0.0345. The summed E-state index contributed by atoms with van der Waals surface area (Å²) < 4.78 is 0. The highest BCUT2D eigenvalue weighted by atomic mass is 14.3. The molecular formula is C29H18. The van der Waals surface area contributed by atoms with Crippen molar-refractivity contribution in [2.24, 2.45) is 0 Å². The van der Waals surface area contributed by atoms with Crippen LogP contribution in [-0.4, -0.2) is 0 Å². The van der Waals surface area contributed by atoms with E-state index in [0.717, 1.165) is 6.42 Å². The third-order valence-electron chi connectivity index (χ3n) is 6.65. The summed E-state index contributed by atoms with van der Waals surface area (Å²) in [5, 5.41) is 8.12. The fourth-order valence-electron chi connectivity index (χ4n) is 5.39. The molecule has 6 aromatic carbocycles. The second-order valence-corrected chi connectivity index (χ2v) is 8.14. The first-order chi connectivity index (χ1) is 14.4. The molecule has 0 N–H and O–H groups in total. The monoisotopic (exact) mass is 366 g/mol. The van der Waals surface area contributed by atoms with Gasteiger partial charge in [-0.1, -0.05) is 91.0 Å². The minimum Gasteiger partial charge on any atom is -0.0619 e. The summed E-state index contributed by atoms with van der Waals surface area (Å²) >= 11 is 0. The quantitative estimate of drug-likeness (QED) is 0.260. The molecule has 0 bridgehead atoms. The van der Waals surface area contributed by atoms with Gasteiger partial charge in [0, 0.05) is 0 Å². The smallest absolute Gasteiger partial charge is 0.000728 e. The molecule has 1 aliphatic carbocycles. The van der Waals surface area contributed by atoms with Gasteiger partial charge >= 0.3 is 0 Å². The van der Waals surface area contributed by atoms with Gasteiger partial charge in [0.15, 0.2) is 0 Å². The van der Waals surface area contributed by atoms with Gasteiger partial charge in [-0.15, -0.1) is 0 Å². The molecule has 0 atom stereocenters. The van der Waals surface area contributed by atoms with E-state index in [1.165, 1.54) is 65.7 Å². The summed E-state index contributed by atoms with van der Waals surface area (Å²) in [6, 6.07) is 36.0. The maximum Gasteiger partial charge on any atom is -0.000728 e. The third-order valence-corrected chi connectivity index (χ3v) is 6.65. The van der Waals surface area contributed by atoms with Crippen molar-refractivity contribution in [1.29, 1.82) is 0 Å². The van der Waals surface area contributed by atoms with E-state index in [1.54, 1.807) is 0 Å². The van der Waals surface area contributed by atoms with Crippen LogP contribution in [0, 0.1) is 0 Å². The van der Waals surface area contributed by atoms with E-state index in [2.05, 4.69) is 97.1 Å². The molecule has 0 unspecified atom stereocenters. The summed E-state index contributed by atoms with van der Waals surface area (Å²) in [7, 11) is 0. The third kappa shape index (κ3) is 1.98. The molecule has 0 saturated heterocycles. The van der Waals surface area contributed by atoms with Gasteiger partial charge < -0.3 is 0 Å². The summed E-state index contributed by atoms with van der Waals surface area (Å²) in [6.45, 7) is 0. The number of hydrogen-bond acceptors (Lipinski definition) is 0. The van der Waals surface area contributed by atoms with E-state index in [0.29, 0.717) is 0 Å². The summed E-state index contributed by atoms with van der Waals surface area (Å²) in [4.78, 5) is 0. The van der Waals surface area contributed by atoms with Crippen molar-refractivity contribution < 1.29 is 0 Å². The first-order valence-electron chi connectivity index (χ1n) is 10.3. The molecule has 0 radical (unpaired) electrons. The molecule has 7 rings (SSSR count). The molecule has 6 aromatic rings. The molecule has 0 fully saturated rings. The van der Waals surface area contributed by atoms with Crippen LogP contribution in [0.2, 0.25) is 0 Å². The number of rotatable bonds is 1. The van der Waals surface area contributed by atoms with Gasteiger partial charge in [0.1, 0.15) is 0 Å². The van der Waals surface area contributed by atoms with E-state index in [-0.39, 0.29) is 0 Å². The second kappa shape index (κ2) is 5.46. The van der Waals surface area contributed by atoms with E-state index in [1.807, 2.05) is 0 Å². The highest BCUT2D eigenvalue weighted by molar-refractivity contribution is 6.26. The Morgan fingerprint density at radius 1 is 0.448 bits per heavy atom. The Morgan fingerprint density at radius 2 is 1.10 bits per heavy atom. The molecule has 0 aromatic heterocycles. The number of hydrogen-bond donors (Lipinski definition) is 0. The maximum absolute atomic E-state index is 2.41. The van der Waals surface area contributed by atoms with Crippen molar-refractivity contribution in [2.45, 2.75) is 6.42 Å². The van der Waals surface area contributed by atoms with E-state index < -0.39 is 0 Å². The molecule has 0 heterocycles. The van der Waals surface area contributed by atoms with Crippen molar-refractivity contribution in [3.05, 3.63) is 108 Å². The van der Waals surface area contributed by atoms with Crippen LogP contribution in [0.15, 0.2) is 97.1 Å². The van der Waals surface area contributed by atoms with Crippen LogP contribution in [0.3, 0.4) is 0 Å². The van der Waals surface area contributed by atoms with E-state index >= 15 is 0 Å². The second-order valence-electron chi connectivity index (χ2n) is 8.14. The molecule has 0 nitrogen and oxygen atoms in total. The lowest BCUT2D eigenvalue weighted by atomic mass is 9.87. The zero-order valence-corrected chi connectivity index (χ0v) is 15.9. The zero-order valence-electron chi connectivity index (χ0n) is 15.9. The standard InChI is InChI=1S/C29H18/c1-2-10-22-20(6-1)16-26-23(22)11-5-12-24(26)27-17-21-9-3-7-18-14-15-19-8-4-13-25(27)29(19)28(18)21/h1-15,17H,16H2. The van der Waals surface area contributed by atoms with Crippen LogP contribution in [0.4, 0.5) is 0 Å². The molecule has 0 aliphatic heterocycles. The van der Waals surface area contributed by atoms with Gasteiger partial charge in [-0.05, 0) is 78.2 Å². The Bertz CT molecular complexity index is 1570. The normalized spacial score (nSPS) is 12.7. The SMILES string of the molecule is c1ccc2c(c1)Cc1c-2cccc1-c1cc2cccc3ccc4cccc1c4c32. The maximum atomic E-state index is 2.41. The lowest BCUT2D eigenvalue weighted by Crippen LogP contribution is -1.91. The molecule has 1 aliphatic rings. The molecular weight excluding hydrogens is 348 g/mol. The van der Waals surface area contributed by atoms with Crippen molar-refractivity contribution in [3.63, 3.8) is 0 Å². The molecule has 29 heavy (non-hydrogen) atoms. The van der Waals surface area contributed by atoms with E-state index in [4.69, 9.17) is 0 Å².